The number of amides is 1. The molecule has 6 nitrogen and oxygen atoms in total. The summed E-state index contributed by atoms with van der Waals surface area (Å²) in [6.07, 6.45) is 5.64. The van der Waals surface area contributed by atoms with Gasteiger partial charge in [0.05, 0.1) is 12.7 Å². The molecule has 0 radical (unpaired) electrons. The smallest absolute Gasteiger partial charge is 0.256 e. The van der Waals surface area contributed by atoms with Crippen molar-refractivity contribution in [2.24, 2.45) is 0 Å². The van der Waals surface area contributed by atoms with Crippen LogP contribution in [0.4, 0.5) is 0 Å². The van der Waals surface area contributed by atoms with E-state index in [2.05, 4.69) is 15.2 Å². The standard InChI is InChI=1S/C18H20N4O2/c1-24-13-4-5-17-14(9-13)15(10-19-17)18(23)22-8-2-3-12(11-22)16-6-7-20-21-16/h4-7,9-10,12,19H,2-3,8,11H2,1H3,(H,20,21)/t12-/m0/s1. The summed E-state index contributed by atoms with van der Waals surface area (Å²) < 4.78 is 5.29. The van der Waals surface area contributed by atoms with Crippen LogP contribution in [0, 0.1) is 0 Å². The number of methoxy groups -OCH3 is 1. The fourth-order valence-corrected chi connectivity index (χ4v) is 3.48. The Hall–Kier alpha value is -2.76. The van der Waals surface area contributed by atoms with Gasteiger partial charge < -0.3 is 14.6 Å². The fraction of sp³-hybridized carbons (Fsp3) is 0.333. The van der Waals surface area contributed by atoms with E-state index in [1.165, 1.54) is 0 Å². The lowest BCUT2D eigenvalue weighted by Gasteiger charge is -2.32. The number of piperidine rings is 1. The first-order valence-electron chi connectivity index (χ1n) is 8.20. The molecule has 0 bridgehead atoms. The Morgan fingerprint density at radius 3 is 3.08 bits per heavy atom. The third-order valence-electron chi connectivity index (χ3n) is 4.79. The van der Waals surface area contributed by atoms with Gasteiger partial charge in [0.1, 0.15) is 5.75 Å². The Morgan fingerprint density at radius 2 is 2.29 bits per heavy atom. The van der Waals surface area contributed by atoms with Crippen molar-refractivity contribution in [3.05, 3.63) is 47.9 Å². The van der Waals surface area contributed by atoms with Gasteiger partial charge in [0.2, 0.25) is 0 Å². The Labute approximate surface area is 139 Å². The van der Waals surface area contributed by atoms with Crippen LogP contribution in [0.5, 0.6) is 5.75 Å². The second-order valence-corrected chi connectivity index (χ2v) is 6.22. The maximum atomic E-state index is 13.0. The molecule has 0 aliphatic carbocycles. The third kappa shape index (κ3) is 2.54. The van der Waals surface area contributed by atoms with Crippen LogP contribution in [0.3, 0.4) is 0 Å². The molecule has 0 saturated carbocycles. The van der Waals surface area contributed by atoms with Gasteiger partial charge in [0.15, 0.2) is 0 Å². The predicted molar refractivity (Wildman–Crippen MR) is 91.3 cm³/mol. The summed E-state index contributed by atoms with van der Waals surface area (Å²) >= 11 is 0. The molecular weight excluding hydrogens is 304 g/mol. The van der Waals surface area contributed by atoms with Crippen molar-refractivity contribution >= 4 is 16.8 Å². The Morgan fingerprint density at radius 1 is 1.38 bits per heavy atom. The van der Waals surface area contributed by atoms with Crippen LogP contribution in [0.1, 0.15) is 34.8 Å². The zero-order chi connectivity index (χ0) is 16.5. The summed E-state index contributed by atoms with van der Waals surface area (Å²) in [4.78, 5) is 18.1. The van der Waals surface area contributed by atoms with Crippen LogP contribution in [0.15, 0.2) is 36.7 Å². The number of nitrogens with zero attached hydrogens (tertiary/aromatic N) is 2. The number of aromatic amines is 2. The number of H-pyrrole nitrogens is 2. The number of nitrogens with one attached hydrogen (secondary N) is 2. The molecule has 124 valence electrons. The third-order valence-corrected chi connectivity index (χ3v) is 4.79. The normalized spacial score (nSPS) is 18.0. The van der Waals surface area contributed by atoms with E-state index in [1.807, 2.05) is 29.2 Å². The number of aromatic nitrogens is 3. The van der Waals surface area contributed by atoms with Crippen LogP contribution < -0.4 is 4.74 Å². The number of benzene rings is 1. The summed E-state index contributed by atoms with van der Waals surface area (Å²) in [6, 6.07) is 7.74. The van der Waals surface area contributed by atoms with Gasteiger partial charge in [-0.25, -0.2) is 0 Å². The molecule has 1 fully saturated rings. The molecule has 4 rings (SSSR count). The van der Waals surface area contributed by atoms with Crippen molar-refractivity contribution in [3.8, 4) is 5.75 Å². The van der Waals surface area contributed by atoms with Gasteiger partial charge in [-0.15, -0.1) is 0 Å². The number of rotatable bonds is 3. The van der Waals surface area contributed by atoms with Crippen LogP contribution >= 0.6 is 0 Å². The predicted octanol–water partition coefficient (Wildman–Crippen LogP) is 2.92. The van der Waals surface area contributed by atoms with Gasteiger partial charge in [0, 0.05) is 48.0 Å². The molecule has 6 heteroatoms. The van der Waals surface area contributed by atoms with E-state index in [9.17, 15) is 4.79 Å². The van der Waals surface area contributed by atoms with Crippen LogP contribution in [-0.4, -0.2) is 46.2 Å². The minimum Gasteiger partial charge on any atom is -0.497 e. The highest BCUT2D eigenvalue weighted by atomic mass is 16.5. The largest absolute Gasteiger partial charge is 0.497 e. The molecule has 1 saturated heterocycles. The molecule has 1 aliphatic rings. The molecule has 24 heavy (non-hydrogen) atoms. The highest BCUT2D eigenvalue weighted by molar-refractivity contribution is 6.07. The van der Waals surface area contributed by atoms with Gasteiger partial charge in [-0.3, -0.25) is 9.89 Å². The van der Waals surface area contributed by atoms with E-state index in [0.29, 0.717) is 11.5 Å². The zero-order valence-corrected chi connectivity index (χ0v) is 13.6. The van der Waals surface area contributed by atoms with E-state index >= 15 is 0 Å². The Bertz CT molecular complexity index is 853. The van der Waals surface area contributed by atoms with Gasteiger partial charge in [-0.05, 0) is 37.1 Å². The highest BCUT2D eigenvalue weighted by Crippen LogP contribution is 2.29. The first kappa shape index (κ1) is 14.8. The monoisotopic (exact) mass is 324 g/mol. The molecule has 3 aromatic rings. The summed E-state index contributed by atoms with van der Waals surface area (Å²) in [7, 11) is 1.63. The van der Waals surface area contributed by atoms with Crippen molar-refractivity contribution in [2.75, 3.05) is 20.2 Å². The number of fused-ring (bicyclic) bond motifs is 1. The van der Waals surface area contributed by atoms with Crippen molar-refractivity contribution < 1.29 is 9.53 Å². The molecule has 2 aromatic heterocycles. The Balaban J connectivity index is 1.61. The topological polar surface area (TPSA) is 74.0 Å². The first-order valence-corrected chi connectivity index (χ1v) is 8.20. The minimum absolute atomic E-state index is 0.0683. The van der Waals surface area contributed by atoms with Crippen LogP contribution in [-0.2, 0) is 0 Å². The lowest BCUT2D eigenvalue weighted by Crippen LogP contribution is -2.39. The minimum atomic E-state index is 0.0683. The van der Waals surface area contributed by atoms with Gasteiger partial charge in [0.25, 0.3) is 5.91 Å². The SMILES string of the molecule is COc1ccc2[nH]cc(C(=O)N3CCC[C@H](c4ccn[nH]4)C3)c2c1. The van der Waals surface area contributed by atoms with Crippen molar-refractivity contribution in [2.45, 2.75) is 18.8 Å². The van der Waals surface area contributed by atoms with E-state index in [4.69, 9.17) is 4.74 Å². The lowest BCUT2D eigenvalue weighted by molar-refractivity contribution is 0.0708. The molecule has 2 N–H and O–H groups in total. The van der Waals surface area contributed by atoms with E-state index in [0.717, 1.165) is 48.3 Å². The van der Waals surface area contributed by atoms with Gasteiger partial charge in [-0.1, -0.05) is 0 Å². The summed E-state index contributed by atoms with van der Waals surface area (Å²) in [5, 5.41) is 7.97. The summed E-state index contributed by atoms with van der Waals surface area (Å²) in [6.45, 7) is 1.51. The number of hydrogen-bond donors (Lipinski definition) is 2. The maximum absolute atomic E-state index is 13.0. The lowest BCUT2D eigenvalue weighted by atomic mass is 9.94. The molecule has 3 heterocycles. The summed E-state index contributed by atoms with van der Waals surface area (Å²) in [5.74, 6) is 1.15. The zero-order valence-electron chi connectivity index (χ0n) is 13.6. The molecule has 1 amide bonds. The average Bonchev–Trinajstić information content (AvgIpc) is 3.30. The van der Waals surface area contributed by atoms with Gasteiger partial charge >= 0.3 is 0 Å². The number of carbonyl (C=O) groups excluding carboxylic acids is 1. The van der Waals surface area contributed by atoms with E-state index < -0.39 is 0 Å². The number of carbonyl (C=O) groups is 1. The molecule has 1 atom stereocenters. The van der Waals surface area contributed by atoms with Crippen LogP contribution in [0.25, 0.3) is 10.9 Å². The first-order chi connectivity index (χ1) is 11.8. The van der Waals surface area contributed by atoms with E-state index in [1.54, 1.807) is 19.5 Å². The molecular formula is C18H20N4O2. The molecule has 1 aromatic carbocycles. The molecule has 0 unspecified atom stereocenters. The number of likely N-dealkylation sites (tertiary alicyclic amines) is 1. The second-order valence-electron chi connectivity index (χ2n) is 6.22. The number of hydrogen-bond acceptors (Lipinski definition) is 3. The van der Waals surface area contributed by atoms with Gasteiger partial charge in [-0.2, -0.15) is 5.10 Å². The molecule has 1 aliphatic heterocycles. The average molecular weight is 324 g/mol. The summed E-state index contributed by atoms with van der Waals surface area (Å²) in [5.41, 5.74) is 2.75. The second kappa shape index (κ2) is 6.03. The Kier molecular flexibility index (Phi) is 3.72. The van der Waals surface area contributed by atoms with Crippen molar-refractivity contribution in [1.29, 1.82) is 0 Å². The maximum Gasteiger partial charge on any atom is 0.256 e. The van der Waals surface area contributed by atoms with Crippen molar-refractivity contribution in [1.82, 2.24) is 20.1 Å². The molecule has 0 spiro atoms. The number of ether oxygens (including phenoxy) is 1. The quantitative estimate of drug-likeness (QED) is 0.778. The van der Waals surface area contributed by atoms with Crippen molar-refractivity contribution in [3.63, 3.8) is 0 Å². The highest BCUT2D eigenvalue weighted by Gasteiger charge is 2.27. The van der Waals surface area contributed by atoms with E-state index in [-0.39, 0.29) is 5.91 Å². The van der Waals surface area contributed by atoms with Crippen LogP contribution in [0.2, 0.25) is 0 Å². The fourth-order valence-electron chi connectivity index (χ4n) is 3.48.